The van der Waals surface area contributed by atoms with Crippen LogP contribution in [0.25, 0.3) is 0 Å². The molecule has 17 heavy (non-hydrogen) atoms. The van der Waals surface area contributed by atoms with Crippen LogP contribution in [0.4, 0.5) is 0 Å². The zero-order chi connectivity index (χ0) is 12.4. The summed E-state index contributed by atoms with van der Waals surface area (Å²) in [6.07, 6.45) is 6.10. The van der Waals surface area contributed by atoms with E-state index in [9.17, 15) is 9.59 Å². The van der Waals surface area contributed by atoms with Crippen molar-refractivity contribution in [3.05, 3.63) is 12.7 Å². The van der Waals surface area contributed by atoms with Crippen LogP contribution in [0.15, 0.2) is 12.7 Å². The Labute approximate surface area is 126 Å². The molecule has 4 nitrogen and oxygen atoms in total. The summed E-state index contributed by atoms with van der Waals surface area (Å²) >= 11 is 0. The minimum absolute atomic E-state index is 0. The van der Waals surface area contributed by atoms with E-state index < -0.39 is 17.9 Å². The van der Waals surface area contributed by atoms with E-state index in [4.69, 9.17) is 10.2 Å². The quantitative estimate of drug-likeness (QED) is 0.321. The predicted octanol–water partition coefficient (Wildman–Crippen LogP) is -0.195. The van der Waals surface area contributed by atoms with E-state index in [1.807, 2.05) is 6.08 Å². The third kappa shape index (κ3) is 11.9. The summed E-state index contributed by atoms with van der Waals surface area (Å²) in [5.74, 6) is -2.08. The van der Waals surface area contributed by atoms with Gasteiger partial charge in [-0.3, -0.25) is 9.59 Å². The van der Waals surface area contributed by atoms with Crippen molar-refractivity contribution in [3.63, 3.8) is 0 Å². The zero-order valence-corrected chi connectivity index (χ0v) is 12.5. The zero-order valence-electron chi connectivity index (χ0n) is 11.5. The van der Waals surface area contributed by atoms with Crippen molar-refractivity contribution in [2.24, 2.45) is 5.92 Å². The van der Waals surface area contributed by atoms with E-state index in [0.29, 0.717) is 19.3 Å². The van der Waals surface area contributed by atoms with Crippen LogP contribution in [0.2, 0.25) is 0 Å². The minimum Gasteiger partial charge on any atom is -1.00 e. The predicted molar refractivity (Wildman–Crippen MR) is 62.4 cm³/mol. The number of rotatable bonds is 10. The second-order valence-electron chi connectivity index (χ2n) is 3.89. The van der Waals surface area contributed by atoms with Gasteiger partial charge >= 0.3 is 41.5 Å². The van der Waals surface area contributed by atoms with Crippen LogP contribution >= 0.6 is 0 Å². The van der Waals surface area contributed by atoms with Gasteiger partial charge in [0.1, 0.15) is 0 Å². The molecule has 0 bridgehead atoms. The van der Waals surface area contributed by atoms with Gasteiger partial charge in [0.15, 0.2) is 0 Å². The average Bonchev–Trinajstić information content (AvgIpc) is 2.20. The Kier molecular flexibility index (Phi) is 13.6. The van der Waals surface area contributed by atoms with Crippen LogP contribution in [0, 0.1) is 5.92 Å². The first-order chi connectivity index (χ1) is 7.57. The molecule has 0 saturated heterocycles. The van der Waals surface area contributed by atoms with E-state index in [2.05, 4.69) is 6.58 Å². The maximum atomic E-state index is 10.9. The molecule has 0 aliphatic rings. The van der Waals surface area contributed by atoms with Crippen molar-refractivity contribution in [2.75, 3.05) is 0 Å². The molecule has 94 valence electrons. The van der Waals surface area contributed by atoms with Gasteiger partial charge in [-0.05, 0) is 32.1 Å². The van der Waals surface area contributed by atoms with E-state index >= 15 is 0 Å². The molecule has 0 heterocycles. The maximum Gasteiger partial charge on any atom is 1.00 e. The average molecular weight is 252 g/mol. The van der Waals surface area contributed by atoms with E-state index in [0.717, 1.165) is 19.3 Å². The van der Waals surface area contributed by atoms with Gasteiger partial charge in [-0.1, -0.05) is 12.5 Å². The molecule has 0 radical (unpaired) electrons. The third-order valence-corrected chi connectivity index (χ3v) is 2.50. The second kappa shape index (κ2) is 12.1. The van der Waals surface area contributed by atoms with Crippen molar-refractivity contribution < 1.29 is 50.8 Å². The fourth-order valence-corrected chi connectivity index (χ4v) is 1.57. The SMILES string of the molecule is C=CCCCCC(CCCC(=O)O)C(=O)O.[H-].[Na+]. The molecule has 0 aliphatic carbocycles. The molecule has 0 amide bonds. The van der Waals surface area contributed by atoms with Crippen molar-refractivity contribution in [2.45, 2.75) is 44.9 Å². The fraction of sp³-hybridized carbons (Fsp3) is 0.667. The first-order valence-corrected chi connectivity index (χ1v) is 5.63. The molecule has 0 aromatic heterocycles. The maximum absolute atomic E-state index is 10.9. The first kappa shape index (κ1) is 19.0. The minimum atomic E-state index is -0.865. The van der Waals surface area contributed by atoms with Gasteiger partial charge in [0.25, 0.3) is 0 Å². The van der Waals surface area contributed by atoms with E-state index in [1.54, 1.807) is 0 Å². The summed E-state index contributed by atoms with van der Waals surface area (Å²) < 4.78 is 0. The van der Waals surface area contributed by atoms with E-state index in [-0.39, 0.29) is 37.4 Å². The monoisotopic (exact) mass is 252 g/mol. The Hall–Kier alpha value is -0.320. The Morgan fingerprint density at radius 1 is 1.18 bits per heavy atom. The van der Waals surface area contributed by atoms with Crippen LogP contribution < -0.4 is 29.6 Å². The summed E-state index contributed by atoms with van der Waals surface area (Å²) in [4.78, 5) is 21.2. The van der Waals surface area contributed by atoms with Gasteiger partial charge in [-0.2, -0.15) is 0 Å². The Morgan fingerprint density at radius 3 is 2.24 bits per heavy atom. The molecular formula is C12H21NaO4. The van der Waals surface area contributed by atoms with Crippen molar-refractivity contribution in [1.29, 1.82) is 0 Å². The molecule has 0 fully saturated rings. The van der Waals surface area contributed by atoms with Crippen LogP contribution in [0.5, 0.6) is 0 Å². The molecule has 1 atom stereocenters. The summed E-state index contributed by atoms with van der Waals surface area (Å²) in [5.41, 5.74) is 0. The number of carbonyl (C=O) groups is 2. The molecule has 0 aromatic carbocycles. The Morgan fingerprint density at radius 2 is 1.76 bits per heavy atom. The molecule has 0 aromatic rings. The van der Waals surface area contributed by atoms with Crippen LogP contribution in [0.1, 0.15) is 46.4 Å². The van der Waals surface area contributed by atoms with Crippen LogP contribution in [-0.2, 0) is 9.59 Å². The number of hydrogen-bond acceptors (Lipinski definition) is 2. The first-order valence-electron chi connectivity index (χ1n) is 5.63. The topological polar surface area (TPSA) is 74.6 Å². The number of carboxylic acid groups (broad SMARTS) is 2. The van der Waals surface area contributed by atoms with Gasteiger partial charge < -0.3 is 11.6 Å². The molecule has 0 aliphatic heterocycles. The van der Waals surface area contributed by atoms with Gasteiger partial charge in [0, 0.05) is 6.42 Å². The Bertz CT molecular complexity index is 246. The Balaban J connectivity index is -0.00000112. The molecular weight excluding hydrogens is 231 g/mol. The van der Waals surface area contributed by atoms with Crippen LogP contribution in [-0.4, -0.2) is 22.2 Å². The molecule has 0 rings (SSSR count). The number of carboxylic acids is 2. The van der Waals surface area contributed by atoms with Crippen molar-refractivity contribution in [3.8, 4) is 0 Å². The normalized spacial score (nSPS) is 11.3. The standard InChI is InChI=1S/C12H20O4.Na.H/c1-2-3-4-5-7-10(12(15)16)8-6-9-11(13)14;;/h2,10H,1,3-9H2,(H,13,14)(H,15,16);;/q;+1;-1. The molecule has 1 unspecified atom stereocenters. The number of allylic oxidation sites excluding steroid dienone is 1. The molecule has 0 saturated carbocycles. The summed E-state index contributed by atoms with van der Waals surface area (Å²) in [6, 6.07) is 0. The van der Waals surface area contributed by atoms with Gasteiger partial charge in [-0.25, -0.2) is 0 Å². The van der Waals surface area contributed by atoms with Crippen molar-refractivity contribution >= 4 is 11.9 Å². The van der Waals surface area contributed by atoms with Gasteiger partial charge in [-0.15, -0.1) is 6.58 Å². The second-order valence-corrected chi connectivity index (χ2v) is 3.89. The van der Waals surface area contributed by atoms with Crippen molar-refractivity contribution in [1.82, 2.24) is 0 Å². The van der Waals surface area contributed by atoms with E-state index in [1.165, 1.54) is 0 Å². The smallest absolute Gasteiger partial charge is 1.00 e. The number of aliphatic carboxylic acids is 2. The molecule has 5 heteroatoms. The summed E-state index contributed by atoms with van der Waals surface area (Å²) in [6.45, 7) is 3.60. The largest absolute Gasteiger partial charge is 1.00 e. The third-order valence-electron chi connectivity index (χ3n) is 2.50. The fourth-order valence-electron chi connectivity index (χ4n) is 1.57. The van der Waals surface area contributed by atoms with Gasteiger partial charge in [0.05, 0.1) is 5.92 Å². The molecule has 0 spiro atoms. The summed E-state index contributed by atoms with van der Waals surface area (Å²) in [5, 5.41) is 17.4. The number of hydrogen-bond donors (Lipinski definition) is 2. The summed E-state index contributed by atoms with van der Waals surface area (Å²) in [7, 11) is 0. The molecule has 2 N–H and O–H groups in total. The number of unbranched alkanes of at least 4 members (excludes halogenated alkanes) is 2. The van der Waals surface area contributed by atoms with Gasteiger partial charge in [0.2, 0.25) is 0 Å². The van der Waals surface area contributed by atoms with Crippen LogP contribution in [0.3, 0.4) is 0 Å².